The van der Waals surface area contributed by atoms with Crippen molar-refractivity contribution < 1.29 is 4.74 Å². The van der Waals surface area contributed by atoms with E-state index in [9.17, 15) is 0 Å². The Hall–Kier alpha value is -1.28. The van der Waals surface area contributed by atoms with Crippen molar-refractivity contribution in [2.75, 3.05) is 6.61 Å². The number of hydrogen-bond donors (Lipinski definition) is 0. The summed E-state index contributed by atoms with van der Waals surface area (Å²) in [6, 6.07) is 16.6. The van der Waals surface area contributed by atoms with E-state index in [2.05, 4.69) is 47.1 Å². The minimum absolute atomic E-state index is 0.759. The van der Waals surface area contributed by atoms with E-state index in [1.165, 1.54) is 11.1 Å². The lowest BCUT2D eigenvalue weighted by Crippen LogP contribution is -1.99. The summed E-state index contributed by atoms with van der Waals surface area (Å²) in [7, 11) is 0. The standard InChI is InChI=1S/C16H17BrO/c1-13-4-2-5-14(12-13)6-3-11-18-16-9-7-15(17)8-10-16/h2,4-5,7-10,12H,3,6,11H2,1H3. The fraction of sp³-hybridized carbons (Fsp3) is 0.250. The molecule has 0 aromatic heterocycles. The molecule has 18 heavy (non-hydrogen) atoms. The Kier molecular flexibility index (Phi) is 4.82. The van der Waals surface area contributed by atoms with Crippen LogP contribution in [-0.2, 0) is 6.42 Å². The molecule has 0 bridgehead atoms. The molecule has 0 radical (unpaired) electrons. The van der Waals surface area contributed by atoms with Crippen molar-refractivity contribution in [3.8, 4) is 5.75 Å². The second kappa shape index (κ2) is 6.60. The van der Waals surface area contributed by atoms with Gasteiger partial charge in [-0.2, -0.15) is 0 Å². The van der Waals surface area contributed by atoms with E-state index >= 15 is 0 Å². The molecule has 0 saturated heterocycles. The molecule has 0 atom stereocenters. The summed E-state index contributed by atoms with van der Waals surface area (Å²) in [6.45, 7) is 2.89. The molecule has 0 unspecified atom stereocenters. The summed E-state index contributed by atoms with van der Waals surface area (Å²) < 4.78 is 6.77. The molecule has 1 nitrogen and oxygen atoms in total. The first-order chi connectivity index (χ1) is 8.74. The highest BCUT2D eigenvalue weighted by atomic mass is 79.9. The molecule has 2 aromatic rings. The van der Waals surface area contributed by atoms with Gasteiger partial charge in [0.1, 0.15) is 5.75 Å². The zero-order chi connectivity index (χ0) is 12.8. The third kappa shape index (κ3) is 4.19. The Morgan fingerprint density at radius 3 is 2.56 bits per heavy atom. The van der Waals surface area contributed by atoms with E-state index in [4.69, 9.17) is 4.74 Å². The van der Waals surface area contributed by atoms with Gasteiger partial charge in [0, 0.05) is 4.47 Å². The van der Waals surface area contributed by atoms with Gasteiger partial charge in [-0.3, -0.25) is 0 Å². The average molecular weight is 305 g/mol. The van der Waals surface area contributed by atoms with Crippen LogP contribution in [0.2, 0.25) is 0 Å². The van der Waals surface area contributed by atoms with Gasteiger partial charge in [0.2, 0.25) is 0 Å². The number of hydrogen-bond acceptors (Lipinski definition) is 1. The largest absolute Gasteiger partial charge is 0.494 e. The minimum atomic E-state index is 0.759. The molecule has 0 aliphatic heterocycles. The first-order valence-electron chi connectivity index (χ1n) is 6.18. The first-order valence-corrected chi connectivity index (χ1v) is 6.97. The van der Waals surface area contributed by atoms with Crippen LogP contribution in [0.4, 0.5) is 0 Å². The topological polar surface area (TPSA) is 9.23 Å². The molecule has 0 spiro atoms. The minimum Gasteiger partial charge on any atom is -0.494 e. The fourth-order valence-corrected chi connectivity index (χ4v) is 2.13. The van der Waals surface area contributed by atoms with Gasteiger partial charge < -0.3 is 4.74 Å². The molecule has 0 N–H and O–H groups in total. The highest BCUT2D eigenvalue weighted by molar-refractivity contribution is 9.10. The summed E-state index contributed by atoms with van der Waals surface area (Å²) in [5.41, 5.74) is 2.70. The predicted octanol–water partition coefficient (Wildman–Crippen LogP) is 4.77. The molecule has 0 heterocycles. The third-order valence-electron chi connectivity index (χ3n) is 2.77. The second-order valence-corrected chi connectivity index (χ2v) is 5.31. The highest BCUT2D eigenvalue weighted by Gasteiger charge is 1.96. The maximum Gasteiger partial charge on any atom is 0.119 e. The zero-order valence-electron chi connectivity index (χ0n) is 10.5. The Labute approximate surface area is 117 Å². The van der Waals surface area contributed by atoms with Gasteiger partial charge in [-0.15, -0.1) is 0 Å². The van der Waals surface area contributed by atoms with Gasteiger partial charge in [-0.25, -0.2) is 0 Å². The van der Waals surface area contributed by atoms with Crippen molar-refractivity contribution in [1.29, 1.82) is 0 Å². The molecular weight excluding hydrogens is 288 g/mol. The van der Waals surface area contributed by atoms with Crippen LogP contribution < -0.4 is 4.74 Å². The summed E-state index contributed by atoms with van der Waals surface area (Å²) in [4.78, 5) is 0. The highest BCUT2D eigenvalue weighted by Crippen LogP contribution is 2.16. The van der Waals surface area contributed by atoms with Gasteiger partial charge in [0.25, 0.3) is 0 Å². The van der Waals surface area contributed by atoms with Crippen molar-refractivity contribution in [2.24, 2.45) is 0 Å². The lowest BCUT2D eigenvalue weighted by atomic mass is 10.1. The van der Waals surface area contributed by atoms with E-state index in [1.807, 2.05) is 24.3 Å². The monoisotopic (exact) mass is 304 g/mol. The maximum absolute atomic E-state index is 5.69. The van der Waals surface area contributed by atoms with Crippen LogP contribution in [0.3, 0.4) is 0 Å². The zero-order valence-corrected chi connectivity index (χ0v) is 12.1. The smallest absolute Gasteiger partial charge is 0.119 e. The molecule has 2 rings (SSSR count). The van der Waals surface area contributed by atoms with E-state index < -0.39 is 0 Å². The Balaban J connectivity index is 1.74. The van der Waals surface area contributed by atoms with Crippen molar-refractivity contribution in [2.45, 2.75) is 19.8 Å². The number of ether oxygens (including phenoxy) is 1. The Morgan fingerprint density at radius 2 is 1.83 bits per heavy atom. The second-order valence-electron chi connectivity index (χ2n) is 4.39. The number of aryl methyl sites for hydroxylation is 2. The van der Waals surface area contributed by atoms with Gasteiger partial charge in [-0.05, 0) is 49.6 Å². The maximum atomic E-state index is 5.69. The van der Waals surface area contributed by atoms with Crippen molar-refractivity contribution in [3.05, 3.63) is 64.1 Å². The number of halogens is 1. The average Bonchev–Trinajstić information content (AvgIpc) is 2.37. The van der Waals surface area contributed by atoms with Crippen LogP contribution in [0.15, 0.2) is 53.0 Å². The summed E-state index contributed by atoms with van der Waals surface area (Å²) in [5.74, 6) is 0.933. The molecular formula is C16H17BrO. The Bertz CT molecular complexity index is 491. The molecule has 2 heteroatoms. The van der Waals surface area contributed by atoms with Gasteiger partial charge in [-0.1, -0.05) is 45.8 Å². The van der Waals surface area contributed by atoms with Gasteiger partial charge in [0.15, 0.2) is 0 Å². The predicted molar refractivity (Wildman–Crippen MR) is 79.1 cm³/mol. The fourth-order valence-electron chi connectivity index (χ4n) is 1.86. The van der Waals surface area contributed by atoms with E-state index in [0.29, 0.717) is 0 Å². The van der Waals surface area contributed by atoms with Crippen LogP contribution in [0.25, 0.3) is 0 Å². The number of rotatable bonds is 5. The lowest BCUT2D eigenvalue weighted by molar-refractivity contribution is 0.311. The van der Waals surface area contributed by atoms with Crippen LogP contribution in [0.5, 0.6) is 5.75 Å². The van der Waals surface area contributed by atoms with Crippen LogP contribution in [-0.4, -0.2) is 6.61 Å². The molecule has 0 saturated carbocycles. The van der Waals surface area contributed by atoms with Gasteiger partial charge >= 0.3 is 0 Å². The molecule has 2 aromatic carbocycles. The summed E-state index contributed by atoms with van der Waals surface area (Å²) in [6.07, 6.45) is 2.11. The van der Waals surface area contributed by atoms with Crippen molar-refractivity contribution in [1.82, 2.24) is 0 Å². The molecule has 0 fully saturated rings. The van der Waals surface area contributed by atoms with E-state index in [1.54, 1.807) is 0 Å². The molecule has 0 amide bonds. The normalized spacial score (nSPS) is 10.3. The lowest BCUT2D eigenvalue weighted by Gasteiger charge is -2.06. The summed E-state index contributed by atoms with van der Waals surface area (Å²) in [5, 5.41) is 0. The summed E-state index contributed by atoms with van der Waals surface area (Å²) >= 11 is 3.41. The quantitative estimate of drug-likeness (QED) is 0.723. The molecule has 0 aliphatic carbocycles. The molecule has 94 valence electrons. The van der Waals surface area contributed by atoms with E-state index in [0.717, 1.165) is 29.7 Å². The number of benzene rings is 2. The third-order valence-corrected chi connectivity index (χ3v) is 3.30. The first kappa shape index (κ1) is 13.2. The van der Waals surface area contributed by atoms with Crippen molar-refractivity contribution in [3.63, 3.8) is 0 Å². The van der Waals surface area contributed by atoms with Crippen LogP contribution >= 0.6 is 15.9 Å². The molecule has 0 aliphatic rings. The SMILES string of the molecule is Cc1cccc(CCCOc2ccc(Br)cc2)c1. The van der Waals surface area contributed by atoms with Crippen LogP contribution in [0.1, 0.15) is 17.5 Å². The van der Waals surface area contributed by atoms with Gasteiger partial charge in [0.05, 0.1) is 6.61 Å². The van der Waals surface area contributed by atoms with Crippen LogP contribution in [0, 0.1) is 6.92 Å². The van der Waals surface area contributed by atoms with Crippen molar-refractivity contribution >= 4 is 15.9 Å². The van der Waals surface area contributed by atoms with E-state index in [-0.39, 0.29) is 0 Å². The Morgan fingerprint density at radius 1 is 1.06 bits per heavy atom.